The van der Waals surface area contributed by atoms with E-state index in [0.29, 0.717) is 5.88 Å². The van der Waals surface area contributed by atoms with Gasteiger partial charge in [-0.2, -0.15) is 0 Å². The normalized spacial score (nSPS) is 13.9. The summed E-state index contributed by atoms with van der Waals surface area (Å²) >= 11 is 6.79. The van der Waals surface area contributed by atoms with Crippen LogP contribution in [0.1, 0.15) is 11.8 Å². The molecule has 7 heteroatoms. The van der Waals surface area contributed by atoms with Crippen LogP contribution in [0.15, 0.2) is 16.3 Å². The Kier molecular flexibility index (Phi) is 5.20. The average molecular weight is 284 g/mol. The molecule has 0 aliphatic rings. The van der Waals surface area contributed by atoms with Crippen molar-refractivity contribution in [1.29, 1.82) is 0 Å². The van der Waals surface area contributed by atoms with Crippen molar-refractivity contribution in [2.24, 2.45) is 0 Å². The summed E-state index contributed by atoms with van der Waals surface area (Å²) in [6.07, 6.45) is -0.151. The SMILES string of the molecule is COC(C)CNS(=O)(=O)c1ccc(CCl)s1. The molecule has 0 amide bonds. The van der Waals surface area contributed by atoms with Gasteiger partial charge in [0.15, 0.2) is 0 Å². The number of halogens is 1. The van der Waals surface area contributed by atoms with Gasteiger partial charge in [0.25, 0.3) is 0 Å². The zero-order valence-electron chi connectivity index (χ0n) is 9.07. The average Bonchev–Trinajstić information content (AvgIpc) is 2.75. The summed E-state index contributed by atoms with van der Waals surface area (Å²) < 4.78 is 31.3. The van der Waals surface area contributed by atoms with Gasteiger partial charge in [0.05, 0.1) is 12.0 Å². The second kappa shape index (κ2) is 5.97. The van der Waals surface area contributed by atoms with Crippen molar-refractivity contribution in [3.8, 4) is 0 Å². The van der Waals surface area contributed by atoms with Gasteiger partial charge in [0, 0.05) is 18.5 Å². The monoisotopic (exact) mass is 283 g/mol. The molecule has 1 rings (SSSR count). The molecule has 0 aliphatic carbocycles. The van der Waals surface area contributed by atoms with Crippen molar-refractivity contribution in [3.05, 3.63) is 17.0 Å². The summed E-state index contributed by atoms with van der Waals surface area (Å²) in [5.41, 5.74) is 0. The molecular weight excluding hydrogens is 270 g/mol. The molecular formula is C9H14ClNO3S2. The van der Waals surface area contributed by atoms with Gasteiger partial charge in [-0.15, -0.1) is 22.9 Å². The van der Waals surface area contributed by atoms with Crippen LogP contribution in [0.4, 0.5) is 0 Å². The highest BCUT2D eigenvalue weighted by molar-refractivity contribution is 7.91. The fourth-order valence-electron chi connectivity index (χ4n) is 0.956. The fourth-order valence-corrected chi connectivity index (χ4v) is 3.57. The molecule has 0 spiro atoms. The molecule has 1 N–H and O–H groups in total. The van der Waals surface area contributed by atoms with Gasteiger partial charge in [-0.1, -0.05) is 0 Å². The molecule has 4 nitrogen and oxygen atoms in total. The lowest BCUT2D eigenvalue weighted by atomic mass is 10.4. The van der Waals surface area contributed by atoms with Gasteiger partial charge in [0.2, 0.25) is 10.0 Å². The third-order valence-corrected chi connectivity index (χ3v) is 5.44. The number of hydrogen-bond donors (Lipinski definition) is 1. The Bertz CT molecular complexity index is 430. The van der Waals surface area contributed by atoms with Gasteiger partial charge < -0.3 is 4.74 Å². The first-order valence-corrected chi connectivity index (χ1v) is 7.50. The number of alkyl halides is 1. The van der Waals surface area contributed by atoms with E-state index in [1.54, 1.807) is 19.1 Å². The summed E-state index contributed by atoms with van der Waals surface area (Å²) in [6, 6.07) is 3.27. The van der Waals surface area contributed by atoms with Crippen molar-refractivity contribution in [3.63, 3.8) is 0 Å². The van der Waals surface area contributed by atoms with E-state index in [1.165, 1.54) is 18.4 Å². The number of ether oxygens (including phenoxy) is 1. The van der Waals surface area contributed by atoms with Crippen LogP contribution in [-0.4, -0.2) is 28.2 Å². The summed E-state index contributed by atoms with van der Waals surface area (Å²) in [5.74, 6) is 0.328. The molecule has 1 aromatic heterocycles. The highest BCUT2D eigenvalue weighted by Gasteiger charge is 2.17. The third-order valence-electron chi connectivity index (χ3n) is 2.00. The number of nitrogens with one attached hydrogen (secondary N) is 1. The quantitative estimate of drug-likeness (QED) is 0.810. The van der Waals surface area contributed by atoms with Crippen molar-refractivity contribution in [2.75, 3.05) is 13.7 Å². The van der Waals surface area contributed by atoms with E-state index in [1.807, 2.05) is 0 Å². The highest BCUT2D eigenvalue weighted by atomic mass is 35.5. The van der Waals surface area contributed by atoms with E-state index in [4.69, 9.17) is 16.3 Å². The molecule has 0 bridgehead atoms. The molecule has 0 saturated heterocycles. The largest absolute Gasteiger partial charge is 0.380 e. The predicted molar refractivity (Wildman–Crippen MR) is 65.5 cm³/mol. The smallest absolute Gasteiger partial charge is 0.250 e. The Morgan fingerprint density at radius 3 is 2.75 bits per heavy atom. The molecule has 0 radical (unpaired) electrons. The number of rotatable bonds is 6. The van der Waals surface area contributed by atoms with Crippen LogP contribution in [0, 0.1) is 0 Å². The van der Waals surface area contributed by atoms with Crippen molar-refractivity contribution in [2.45, 2.75) is 23.1 Å². The first-order valence-electron chi connectivity index (χ1n) is 4.66. The molecule has 16 heavy (non-hydrogen) atoms. The van der Waals surface area contributed by atoms with E-state index in [0.717, 1.165) is 4.88 Å². The molecule has 0 fully saturated rings. The molecule has 1 unspecified atom stereocenters. The van der Waals surface area contributed by atoms with E-state index in [-0.39, 0.29) is 16.9 Å². The van der Waals surface area contributed by atoms with Crippen molar-refractivity contribution in [1.82, 2.24) is 4.72 Å². The van der Waals surface area contributed by atoms with Crippen LogP contribution in [-0.2, 0) is 20.6 Å². The van der Waals surface area contributed by atoms with Gasteiger partial charge in [-0.3, -0.25) is 0 Å². The molecule has 1 aromatic rings. The Morgan fingerprint density at radius 1 is 1.56 bits per heavy atom. The van der Waals surface area contributed by atoms with Crippen LogP contribution < -0.4 is 4.72 Å². The Morgan fingerprint density at radius 2 is 2.25 bits per heavy atom. The molecule has 0 saturated carbocycles. The van der Waals surface area contributed by atoms with Crippen molar-refractivity contribution < 1.29 is 13.2 Å². The van der Waals surface area contributed by atoms with Crippen LogP contribution in [0.25, 0.3) is 0 Å². The summed E-state index contributed by atoms with van der Waals surface area (Å²) in [4.78, 5) is 0.835. The minimum atomic E-state index is -3.42. The Labute approximate surface area is 105 Å². The molecule has 1 heterocycles. The molecule has 0 aromatic carbocycles. The highest BCUT2D eigenvalue weighted by Crippen LogP contribution is 2.22. The van der Waals surface area contributed by atoms with Crippen LogP contribution in [0.5, 0.6) is 0 Å². The van der Waals surface area contributed by atoms with Crippen LogP contribution in [0.2, 0.25) is 0 Å². The van der Waals surface area contributed by atoms with E-state index < -0.39 is 10.0 Å². The standard InChI is InChI=1S/C9H14ClNO3S2/c1-7(14-2)6-11-16(12,13)9-4-3-8(5-10)15-9/h3-4,7,11H,5-6H2,1-2H3. The van der Waals surface area contributed by atoms with Gasteiger partial charge in [0.1, 0.15) is 4.21 Å². The zero-order chi connectivity index (χ0) is 12.2. The predicted octanol–water partition coefficient (Wildman–Crippen LogP) is 1.80. The fraction of sp³-hybridized carbons (Fsp3) is 0.556. The van der Waals surface area contributed by atoms with E-state index >= 15 is 0 Å². The summed E-state index contributed by atoms with van der Waals surface area (Å²) in [6.45, 7) is 2.05. The molecule has 0 aliphatic heterocycles. The Balaban J connectivity index is 2.70. The second-order valence-corrected chi connectivity index (χ2v) is 6.68. The maximum atomic E-state index is 11.8. The summed E-state index contributed by atoms with van der Waals surface area (Å²) in [7, 11) is -1.89. The van der Waals surface area contributed by atoms with Crippen molar-refractivity contribution >= 4 is 33.0 Å². The second-order valence-electron chi connectivity index (χ2n) is 3.25. The third kappa shape index (κ3) is 3.71. The lowest BCUT2D eigenvalue weighted by Crippen LogP contribution is -2.31. The number of thiophene rings is 1. The zero-order valence-corrected chi connectivity index (χ0v) is 11.5. The maximum Gasteiger partial charge on any atom is 0.250 e. The Hall–Kier alpha value is -0.140. The lowest BCUT2D eigenvalue weighted by Gasteiger charge is -2.10. The topological polar surface area (TPSA) is 55.4 Å². The minimum Gasteiger partial charge on any atom is -0.380 e. The van der Waals surface area contributed by atoms with Gasteiger partial charge in [-0.25, -0.2) is 13.1 Å². The minimum absolute atomic E-state index is 0.151. The number of methoxy groups -OCH3 is 1. The first-order chi connectivity index (χ1) is 7.49. The maximum absolute atomic E-state index is 11.8. The van der Waals surface area contributed by atoms with Crippen LogP contribution >= 0.6 is 22.9 Å². The lowest BCUT2D eigenvalue weighted by molar-refractivity contribution is 0.122. The number of hydrogen-bond acceptors (Lipinski definition) is 4. The molecule has 1 atom stereocenters. The van der Waals surface area contributed by atoms with Gasteiger partial charge in [-0.05, 0) is 19.1 Å². The van der Waals surface area contributed by atoms with E-state index in [9.17, 15) is 8.42 Å². The summed E-state index contributed by atoms with van der Waals surface area (Å²) in [5, 5.41) is 0. The first kappa shape index (κ1) is 13.9. The molecule has 92 valence electrons. The van der Waals surface area contributed by atoms with Crippen LogP contribution in [0.3, 0.4) is 0 Å². The number of sulfonamides is 1. The van der Waals surface area contributed by atoms with Gasteiger partial charge >= 0.3 is 0 Å². The van der Waals surface area contributed by atoms with E-state index in [2.05, 4.69) is 4.72 Å².